The first-order chi connectivity index (χ1) is 14.0. The van der Waals surface area contributed by atoms with Crippen LogP contribution in [0.2, 0.25) is 0 Å². The summed E-state index contributed by atoms with van der Waals surface area (Å²) in [6.07, 6.45) is 0. The highest BCUT2D eigenvalue weighted by Gasteiger charge is 2.31. The van der Waals surface area contributed by atoms with E-state index >= 15 is 0 Å². The van der Waals surface area contributed by atoms with Gasteiger partial charge in [0.1, 0.15) is 11.2 Å². The second-order valence-corrected chi connectivity index (χ2v) is 7.95. The fourth-order valence-electron chi connectivity index (χ4n) is 4.18. The van der Waals surface area contributed by atoms with Gasteiger partial charge in [-0.1, -0.05) is 50.2 Å². The van der Waals surface area contributed by atoms with E-state index in [2.05, 4.69) is 68.7 Å². The van der Waals surface area contributed by atoms with Crippen LogP contribution in [0.5, 0.6) is 0 Å². The van der Waals surface area contributed by atoms with Gasteiger partial charge in [0, 0.05) is 35.2 Å². The number of fused-ring (bicyclic) bond motifs is 3. The smallest absolute Gasteiger partial charge is 0.386 e. The molecule has 0 spiro atoms. The first-order valence-electron chi connectivity index (χ1n) is 10.1. The topological polar surface area (TPSA) is 30.2 Å². The summed E-state index contributed by atoms with van der Waals surface area (Å²) < 4.78 is 14.8. The van der Waals surface area contributed by atoms with Crippen molar-refractivity contribution >= 4 is 21.9 Å². The molecule has 0 amide bonds. The molecule has 144 valence electrons. The molecular formula is C26H24NO2+. The molecule has 0 aliphatic heterocycles. The zero-order valence-corrected chi connectivity index (χ0v) is 17.2. The largest absolute Gasteiger partial charge is 0.456 e. The Kier molecular flexibility index (Phi) is 4.06. The molecule has 5 aromatic rings. The maximum absolute atomic E-state index is 6.42. The molecule has 0 saturated heterocycles. The van der Waals surface area contributed by atoms with Crippen molar-refractivity contribution in [2.75, 3.05) is 0 Å². The Morgan fingerprint density at radius 1 is 0.759 bits per heavy atom. The standard InChI is InChI=1S/C26H24NO2/c1-16(2)25-18(4)27(26(29-25)19-10-6-5-7-11-19)22-15-21-20-12-8-9-13-23(20)28-24(21)14-17(22)3/h5-16H,1-4H3/q+1. The van der Waals surface area contributed by atoms with Gasteiger partial charge in [0.05, 0.1) is 5.56 Å². The predicted molar refractivity (Wildman–Crippen MR) is 117 cm³/mol. The molecular weight excluding hydrogens is 358 g/mol. The first kappa shape index (κ1) is 17.7. The van der Waals surface area contributed by atoms with E-state index in [9.17, 15) is 0 Å². The molecule has 2 aromatic heterocycles. The number of rotatable bonds is 3. The lowest BCUT2D eigenvalue weighted by Crippen LogP contribution is -2.35. The van der Waals surface area contributed by atoms with Gasteiger partial charge in [-0.15, -0.1) is 4.57 Å². The summed E-state index contributed by atoms with van der Waals surface area (Å²) in [7, 11) is 0. The van der Waals surface area contributed by atoms with Crippen LogP contribution in [0, 0.1) is 13.8 Å². The first-order valence-corrected chi connectivity index (χ1v) is 10.1. The van der Waals surface area contributed by atoms with Gasteiger partial charge in [0.2, 0.25) is 11.4 Å². The van der Waals surface area contributed by atoms with E-state index in [1.807, 2.05) is 30.3 Å². The lowest BCUT2D eigenvalue weighted by molar-refractivity contribution is -0.593. The van der Waals surface area contributed by atoms with Crippen molar-refractivity contribution in [1.29, 1.82) is 0 Å². The Labute approximate surface area is 170 Å². The van der Waals surface area contributed by atoms with Crippen molar-refractivity contribution in [3.05, 3.63) is 83.7 Å². The molecule has 0 radical (unpaired) electrons. The molecule has 0 aliphatic rings. The van der Waals surface area contributed by atoms with Crippen molar-refractivity contribution < 1.29 is 13.4 Å². The van der Waals surface area contributed by atoms with E-state index in [0.29, 0.717) is 5.92 Å². The number of furan rings is 1. The molecule has 0 unspecified atom stereocenters. The molecule has 0 saturated carbocycles. The highest BCUT2D eigenvalue weighted by Crippen LogP contribution is 2.33. The molecule has 0 aliphatic carbocycles. The number of oxazole rings is 1. The lowest BCUT2D eigenvalue weighted by atomic mass is 10.1. The number of hydrogen-bond acceptors (Lipinski definition) is 2. The molecule has 5 rings (SSSR count). The van der Waals surface area contributed by atoms with Crippen molar-refractivity contribution in [2.24, 2.45) is 0 Å². The zero-order chi connectivity index (χ0) is 20.1. The van der Waals surface area contributed by atoms with Crippen LogP contribution in [0.3, 0.4) is 0 Å². The van der Waals surface area contributed by atoms with E-state index in [-0.39, 0.29) is 0 Å². The van der Waals surface area contributed by atoms with Crippen LogP contribution in [0.25, 0.3) is 39.1 Å². The monoisotopic (exact) mass is 382 g/mol. The van der Waals surface area contributed by atoms with Gasteiger partial charge >= 0.3 is 5.89 Å². The third kappa shape index (κ3) is 2.77. The lowest BCUT2D eigenvalue weighted by Gasteiger charge is -2.03. The van der Waals surface area contributed by atoms with Gasteiger partial charge in [-0.3, -0.25) is 0 Å². The molecule has 3 aromatic carbocycles. The second kappa shape index (κ2) is 6.63. The summed E-state index contributed by atoms with van der Waals surface area (Å²) >= 11 is 0. The second-order valence-electron chi connectivity index (χ2n) is 7.95. The van der Waals surface area contributed by atoms with Crippen LogP contribution < -0.4 is 4.57 Å². The SMILES string of the molecule is Cc1cc2oc3ccccc3c2cc1-[n+]1c(-c2ccccc2)oc(C(C)C)c1C. The Morgan fingerprint density at radius 3 is 2.24 bits per heavy atom. The molecule has 0 fully saturated rings. The maximum atomic E-state index is 6.42. The molecule has 3 nitrogen and oxygen atoms in total. The summed E-state index contributed by atoms with van der Waals surface area (Å²) in [5.74, 6) is 2.18. The van der Waals surface area contributed by atoms with Crippen LogP contribution in [-0.2, 0) is 0 Å². The van der Waals surface area contributed by atoms with Crippen molar-refractivity contribution in [3.8, 4) is 17.1 Å². The van der Waals surface area contributed by atoms with E-state index in [0.717, 1.165) is 56.1 Å². The van der Waals surface area contributed by atoms with Crippen LogP contribution in [-0.4, -0.2) is 0 Å². The fourth-order valence-corrected chi connectivity index (χ4v) is 4.18. The summed E-state index contributed by atoms with van der Waals surface area (Å²) in [6, 6.07) is 22.9. The summed E-state index contributed by atoms with van der Waals surface area (Å²) in [5.41, 5.74) is 6.31. The fraction of sp³-hybridized carbons (Fsp3) is 0.192. The zero-order valence-electron chi connectivity index (χ0n) is 17.2. The van der Waals surface area contributed by atoms with Crippen LogP contribution in [0.4, 0.5) is 0 Å². The Bertz CT molecular complexity index is 1340. The maximum Gasteiger partial charge on any atom is 0.386 e. The van der Waals surface area contributed by atoms with Gasteiger partial charge in [0.25, 0.3) is 0 Å². The Morgan fingerprint density at radius 2 is 1.48 bits per heavy atom. The van der Waals surface area contributed by atoms with Crippen molar-refractivity contribution in [2.45, 2.75) is 33.6 Å². The average molecular weight is 382 g/mol. The summed E-state index contributed by atoms with van der Waals surface area (Å²) in [6.45, 7) is 8.61. The van der Waals surface area contributed by atoms with Crippen molar-refractivity contribution in [3.63, 3.8) is 0 Å². The van der Waals surface area contributed by atoms with Gasteiger partial charge in [-0.2, -0.15) is 0 Å². The molecule has 2 heterocycles. The highest BCUT2D eigenvalue weighted by atomic mass is 16.4. The van der Waals surface area contributed by atoms with E-state index < -0.39 is 0 Å². The van der Waals surface area contributed by atoms with Gasteiger partial charge in [0.15, 0.2) is 5.76 Å². The predicted octanol–water partition coefficient (Wildman–Crippen LogP) is 6.86. The minimum atomic E-state index is 0.303. The molecule has 0 atom stereocenters. The quantitative estimate of drug-likeness (QED) is 0.319. The summed E-state index contributed by atoms with van der Waals surface area (Å²) in [5, 5.41) is 2.26. The van der Waals surface area contributed by atoms with Crippen LogP contribution >= 0.6 is 0 Å². The summed E-state index contributed by atoms with van der Waals surface area (Å²) in [4.78, 5) is 0. The van der Waals surface area contributed by atoms with Gasteiger partial charge in [-0.05, 0) is 31.2 Å². The highest BCUT2D eigenvalue weighted by molar-refractivity contribution is 6.05. The normalized spacial score (nSPS) is 11.8. The third-order valence-electron chi connectivity index (χ3n) is 5.58. The third-order valence-corrected chi connectivity index (χ3v) is 5.58. The number of benzene rings is 3. The van der Waals surface area contributed by atoms with Gasteiger partial charge in [-0.25, -0.2) is 0 Å². The number of aryl methyl sites for hydroxylation is 1. The molecule has 0 bridgehead atoms. The number of aromatic nitrogens is 1. The van der Waals surface area contributed by atoms with E-state index in [4.69, 9.17) is 8.83 Å². The van der Waals surface area contributed by atoms with Crippen LogP contribution in [0.15, 0.2) is 75.6 Å². The number of para-hydroxylation sites is 1. The molecule has 3 heteroatoms. The Balaban J connectivity index is 1.84. The molecule has 0 N–H and O–H groups in total. The minimum absolute atomic E-state index is 0.303. The van der Waals surface area contributed by atoms with E-state index in [1.54, 1.807) is 0 Å². The average Bonchev–Trinajstić information content (AvgIpc) is 3.25. The van der Waals surface area contributed by atoms with E-state index in [1.165, 1.54) is 0 Å². The van der Waals surface area contributed by atoms with Crippen LogP contribution in [0.1, 0.15) is 36.8 Å². The Hall–Kier alpha value is -3.33. The van der Waals surface area contributed by atoms with Gasteiger partial charge < -0.3 is 8.83 Å². The number of hydrogen-bond donors (Lipinski definition) is 0. The van der Waals surface area contributed by atoms with Crippen molar-refractivity contribution in [1.82, 2.24) is 0 Å². The minimum Gasteiger partial charge on any atom is -0.456 e. The molecule has 29 heavy (non-hydrogen) atoms. The number of nitrogens with zero attached hydrogens (tertiary/aromatic N) is 1.